The molecule has 4 atom stereocenters. The smallest absolute Gasteiger partial charge is 0.253 e. The molecule has 2 unspecified atom stereocenters. The first-order valence-corrected chi connectivity index (χ1v) is 10.8. The number of halogens is 2. The van der Waals surface area contributed by atoms with Crippen LogP contribution in [0.4, 0.5) is 14.6 Å². The van der Waals surface area contributed by atoms with E-state index >= 15 is 0 Å². The second-order valence-electron chi connectivity index (χ2n) is 8.74. The third kappa shape index (κ3) is 3.84. The lowest BCUT2D eigenvalue weighted by Gasteiger charge is -2.38. The third-order valence-corrected chi connectivity index (χ3v) is 6.67. The Morgan fingerprint density at radius 3 is 2.67 bits per heavy atom. The maximum Gasteiger partial charge on any atom is 0.253 e. The molecule has 5 rings (SSSR count). The summed E-state index contributed by atoms with van der Waals surface area (Å²) in [5.74, 6) is -0.367. The fraction of sp³-hybridized carbons (Fsp3) is 0.391. The van der Waals surface area contributed by atoms with E-state index in [-0.39, 0.29) is 45.9 Å². The van der Waals surface area contributed by atoms with E-state index in [1.807, 2.05) is 0 Å². The van der Waals surface area contributed by atoms with Crippen LogP contribution < -0.4 is 15.8 Å². The molecule has 0 spiro atoms. The number of fused-ring (bicyclic) bond motifs is 2. The lowest BCUT2D eigenvalue weighted by Crippen LogP contribution is -2.55. The first-order chi connectivity index (χ1) is 15.8. The minimum atomic E-state index is -0.996. The number of hydrogen-bond acceptors (Lipinski definition) is 7. The van der Waals surface area contributed by atoms with E-state index in [1.165, 1.54) is 35.4 Å². The SMILES string of the molecule is CN(c1cnc(-c2cc(F)c(-c3cc(=O)n(C)cn3)cc2O)cn1)C1C[C@H]2CC[C@H](N2)C1F. The van der Waals surface area contributed by atoms with Gasteiger partial charge in [0, 0.05) is 43.4 Å². The van der Waals surface area contributed by atoms with Gasteiger partial charge in [0.1, 0.15) is 23.6 Å². The van der Waals surface area contributed by atoms with E-state index in [4.69, 9.17) is 0 Å². The number of hydrogen-bond donors (Lipinski definition) is 2. The summed E-state index contributed by atoms with van der Waals surface area (Å²) in [4.78, 5) is 26.4. The van der Waals surface area contributed by atoms with Crippen molar-refractivity contribution in [1.82, 2.24) is 24.8 Å². The van der Waals surface area contributed by atoms with E-state index in [1.54, 1.807) is 19.0 Å². The minimum Gasteiger partial charge on any atom is -0.507 e. The van der Waals surface area contributed by atoms with Gasteiger partial charge < -0.3 is 19.9 Å². The van der Waals surface area contributed by atoms with Crippen molar-refractivity contribution >= 4 is 5.82 Å². The predicted molar refractivity (Wildman–Crippen MR) is 119 cm³/mol. The molecule has 3 aromatic rings. The quantitative estimate of drug-likeness (QED) is 0.625. The van der Waals surface area contributed by atoms with Gasteiger partial charge in [-0.3, -0.25) is 9.78 Å². The summed E-state index contributed by atoms with van der Waals surface area (Å²) in [6.45, 7) is 0. The molecule has 33 heavy (non-hydrogen) atoms. The van der Waals surface area contributed by atoms with Crippen molar-refractivity contribution in [3.05, 3.63) is 53.1 Å². The number of phenolic OH excluding ortho intramolecular Hbond substituents is 1. The zero-order valence-corrected chi connectivity index (χ0v) is 18.2. The molecular weight excluding hydrogens is 430 g/mol. The summed E-state index contributed by atoms with van der Waals surface area (Å²) in [7, 11) is 3.34. The van der Waals surface area contributed by atoms with Gasteiger partial charge >= 0.3 is 0 Å². The molecule has 4 heterocycles. The second kappa shape index (κ2) is 8.18. The van der Waals surface area contributed by atoms with Crippen molar-refractivity contribution in [2.45, 2.75) is 43.6 Å². The highest BCUT2D eigenvalue weighted by Crippen LogP contribution is 2.35. The van der Waals surface area contributed by atoms with Gasteiger partial charge in [-0.15, -0.1) is 0 Å². The van der Waals surface area contributed by atoms with Gasteiger partial charge in [-0.1, -0.05) is 0 Å². The number of aromatic nitrogens is 4. The van der Waals surface area contributed by atoms with Gasteiger partial charge in [-0.2, -0.15) is 0 Å². The number of alkyl halides is 1. The Bertz CT molecular complexity index is 1250. The highest BCUT2D eigenvalue weighted by molar-refractivity contribution is 5.73. The molecule has 2 N–H and O–H groups in total. The van der Waals surface area contributed by atoms with Gasteiger partial charge in [0.15, 0.2) is 0 Å². The Balaban J connectivity index is 1.40. The number of benzene rings is 1. The molecule has 0 aliphatic carbocycles. The first-order valence-electron chi connectivity index (χ1n) is 10.8. The van der Waals surface area contributed by atoms with Gasteiger partial charge in [-0.25, -0.2) is 18.7 Å². The second-order valence-corrected chi connectivity index (χ2v) is 8.74. The van der Waals surface area contributed by atoms with Crippen molar-refractivity contribution in [2.75, 3.05) is 11.9 Å². The molecule has 2 aromatic heterocycles. The molecular formula is C23H24F2N6O2. The van der Waals surface area contributed by atoms with E-state index in [2.05, 4.69) is 20.3 Å². The van der Waals surface area contributed by atoms with E-state index in [0.717, 1.165) is 18.9 Å². The Kier molecular flexibility index (Phi) is 5.32. The zero-order valence-electron chi connectivity index (χ0n) is 18.2. The normalized spacial score (nSPS) is 24.1. The fourth-order valence-corrected chi connectivity index (χ4v) is 4.73. The summed E-state index contributed by atoms with van der Waals surface area (Å²) < 4.78 is 31.0. The van der Waals surface area contributed by atoms with Crippen LogP contribution in [0.25, 0.3) is 22.5 Å². The minimum absolute atomic E-state index is 0.00721. The van der Waals surface area contributed by atoms with E-state index < -0.39 is 12.0 Å². The molecule has 0 amide bonds. The van der Waals surface area contributed by atoms with Crippen LogP contribution >= 0.6 is 0 Å². The number of phenols is 1. The molecule has 2 saturated heterocycles. The molecule has 8 nitrogen and oxygen atoms in total. The van der Waals surface area contributed by atoms with Crippen LogP contribution in [0, 0.1) is 5.82 Å². The Morgan fingerprint density at radius 1 is 1.12 bits per heavy atom. The molecule has 2 fully saturated rings. The maximum absolute atomic E-state index is 14.9. The van der Waals surface area contributed by atoms with Crippen LogP contribution in [-0.2, 0) is 7.05 Å². The summed E-state index contributed by atoms with van der Waals surface area (Å²) in [5, 5.41) is 13.8. The van der Waals surface area contributed by atoms with Crippen molar-refractivity contribution in [3.63, 3.8) is 0 Å². The van der Waals surface area contributed by atoms with Crippen LogP contribution in [0.15, 0.2) is 41.7 Å². The van der Waals surface area contributed by atoms with Crippen molar-refractivity contribution in [1.29, 1.82) is 0 Å². The third-order valence-electron chi connectivity index (χ3n) is 6.67. The maximum atomic E-state index is 14.9. The number of nitrogens with zero attached hydrogens (tertiary/aromatic N) is 5. The van der Waals surface area contributed by atoms with Crippen LogP contribution in [0.5, 0.6) is 5.75 Å². The van der Waals surface area contributed by atoms with Crippen LogP contribution in [0.3, 0.4) is 0 Å². The summed E-state index contributed by atoms with van der Waals surface area (Å²) in [6, 6.07) is 3.46. The van der Waals surface area contributed by atoms with Gasteiger partial charge in [0.05, 0.1) is 36.2 Å². The number of aromatic hydroxyl groups is 1. The largest absolute Gasteiger partial charge is 0.507 e. The Labute approximate surface area is 189 Å². The number of nitrogens with one attached hydrogen (secondary N) is 1. The summed E-state index contributed by atoms with van der Waals surface area (Å²) in [6.07, 6.45) is 5.74. The summed E-state index contributed by atoms with van der Waals surface area (Å²) in [5.41, 5.74) is 0.218. The number of rotatable bonds is 4. The molecule has 0 saturated carbocycles. The first kappa shape index (κ1) is 21.4. The topological polar surface area (TPSA) is 96.2 Å². The van der Waals surface area contributed by atoms with Gasteiger partial charge in [0.25, 0.3) is 5.56 Å². The van der Waals surface area contributed by atoms with Crippen molar-refractivity contribution in [2.24, 2.45) is 7.05 Å². The van der Waals surface area contributed by atoms with Crippen LogP contribution in [0.1, 0.15) is 19.3 Å². The molecule has 172 valence electrons. The van der Waals surface area contributed by atoms with E-state index in [0.29, 0.717) is 18.3 Å². The molecule has 2 aliphatic heterocycles. The Morgan fingerprint density at radius 2 is 1.94 bits per heavy atom. The molecule has 1 aromatic carbocycles. The average molecular weight is 454 g/mol. The Hall–Kier alpha value is -3.40. The fourth-order valence-electron chi connectivity index (χ4n) is 4.73. The highest BCUT2D eigenvalue weighted by atomic mass is 19.1. The lowest BCUT2D eigenvalue weighted by molar-refractivity contribution is 0.176. The van der Waals surface area contributed by atoms with Crippen molar-refractivity contribution < 1.29 is 13.9 Å². The van der Waals surface area contributed by atoms with E-state index in [9.17, 15) is 18.7 Å². The predicted octanol–water partition coefficient (Wildman–Crippen LogP) is 2.42. The standard InChI is InChI=1S/C23H24F2N6O2/c1-30-11-28-17(8-22(30)33)13-7-20(32)14(6-15(13)24)18-9-27-21(10-26-18)31(2)19-5-12-3-4-16(29-12)23(19)25/h6-12,16,19,23,29,32H,3-5H2,1-2H3/t12-,16+,19?,23?/m1/s1. The van der Waals surface area contributed by atoms with Crippen LogP contribution in [-0.4, -0.2) is 56.0 Å². The number of piperidine rings is 1. The molecule has 2 aliphatic rings. The zero-order chi connectivity index (χ0) is 23.3. The highest BCUT2D eigenvalue weighted by Gasteiger charge is 2.43. The molecule has 10 heteroatoms. The number of anilines is 1. The number of aryl methyl sites for hydroxylation is 1. The van der Waals surface area contributed by atoms with Gasteiger partial charge in [-0.05, 0) is 31.4 Å². The molecule has 0 radical (unpaired) electrons. The lowest BCUT2D eigenvalue weighted by atomic mass is 9.96. The van der Waals surface area contributed by atoms with Crippen LogP contribution in [0.2, 0.25) is 0 Å². The molecule has 2 bridgehead atoms. The van der Waals surface area contributed by atoms with Gasteiger partial charge in [0.2, 0.25) is 0 Å². The monoisotopic (exact) mass is 454 g/mol. The average Bonchev–Trinajstić information content (AvgIpc) is 3.22. The van der Waals surface area contributed by atoms with Crippen molar-refractivity contribution in [3.8, 4) is 28.3 Å². The summed E-state index contributed by atoms with van der Waals surface area (Å²) >= 11 is 0.